The Labute approximate surface area is 109 Å². The molecule has 1 aliphatic heterocycles. The SMILES string of the molecule is Cc1nccc(NC(=O)N2CCNC(=O)C2)c1Cl. The highest BCUT2D eigenvalue weighted by molar-refractivity contribution is 6.34. The topological polar surface area (TPSA) is 74.3 Å². The van der Waals surface area contributed by atoms with Crippen molar-refractivity contribution in [3.63, 3.8) is 0 Å². The molecule has 1 aromatic rings. The van der Waals surface area contributed by atoms with Crippen molar-refractivity contribution in [2.75, 3.05) is 25.0 Å². The lowest BCUT2D eigenvalue weighted by Crippen LogP contribution is -2.51. The van der Waals surface area contributed by atoms with E-state index in [2.05, 4.69) is 15.6 Å². The van der Waals surface area contributed by atoms with E-state index in [1.165, 1.54) is 4.90 Å². The first kappa shape index (κ1) is 12.6. The molecule has 6 nitrogen and oxygen atoms in total. The molecule has 2 heterocycles. The molecule has 2 rings (SSSR count). The van der Waals surface area contributed by atoms with Crippen molar-refractivity contribution in [1.82, 2.24) is 15.2 Å². The van der Waals surface area contributed by atoms with Crippen LogP contribution in [0.2, 0.25) is 5.02 Å². The molecular formula is C11H13ClN4O2. The molecule has 96 valence electrons. The van der Waals surface area contributed by atoms with Crippen LogP contribution in [0.5, 0.6) is 0 Å². The van der Waals surface area contributed by atoms with Gasteiger partial charge < -0.3 is 15.5 Å². The Kier molecular flexibility index (Phi) is 3.66. The number of hydrogen-bond donors (Lipinski definition) is 2. The summed E-state index contributed by atoms with van der Waals surface area (Å²) in [7, 11) is 0. The molecule has 0 spiro atoms. The quantitative estimate of drug-likeness (QED) is 0.798. The van der Waals surface area contributed by atoms with Crippen LogP contribution in [-0.2, 0) is 4.79 Å². The first-order valence-electron chi connectivity index (χ1n) is 5.51. The van der Waals surface area contributed by atoms with Crippen molar-refractivity contribution >= 4 is 29.2 Å². The van der Waals surface area contributed by atoms with Crippen LogP contribution in [-0.4, -0.2) is 41.5 Å². The molecule has 7 heteroatoms. The van der Waals surface area contributed by atoms with Gasteiger partial charge in [0.05, 0.1) is 16.4 Å². The van der Waals surface area contributed by atoms with Crippen LogP contribution in [0.3, 0.4) is 0 Å². The van der Waals surface area contributed by atoms with Gasteiger partial charge in [-0.3, -0.25) is 9.78 Å². The molecule has 0 aliphatic carbocycles. The van der Waals surface area contributed by atoms with E-state index >= 15 is 0 Å². The van der Waals surface area contributed by atoms with Crippen LogP contribution in [0.4, 0.5) is 10.5 Å². The van der Waals surface area contributed by atoms with Gasteiger partial charge in [0.2, 0.25) is 5.91 Å². The van der Waals surface area contributed by atoms with Crippen LogP contribution in [0.15, 0.2) is 12.3 Å². The standard InChI is InChI=1S/C11H13ClN4O2/c1-7-10(12)8(2-3-13-7)15-11(18)16-5-4-14-9(17)6-16/h2-3H,4-6H2,1H3,(H,14,17)(H,13,15,18). The van der Waals surface area contributed by atoms with E-state index in [0.29, 0.717) is 29.5 Å². The van der Waals surface area contributed by atoms with Crippen molar-refractivity contribution in [1.29, 1.82) is 0 Å². The lowest BCUT2D eigenvalue weighted by molar-refractivity contribution is -0.123. The Bertz CT molecular complexity index is 492. The van der Waals surface area contributed by atoms with Crippen LogP contribution in [0.1, 0.15) is 5.69 Å². The summed E-state index contributed by atoms with van der Waals surface area (Å²) in [6.07, 6.45) is 1.57. The zero-order valence-electron chi connectivity index (χ0n) is 9.86. The van der Waals surface area contributed by atoms with Gasteiger partial charge in [0.25, 0.3) is 0 Å². The van der Waals surface area contributed by atoms with Gasteiger partial charge in [0.1, 0.15) is 6.54 Å². The molecule has 0 atom stereocenters. The highest BCUT2D eigenvalue weighted by Crippen LogP contribution is 2.23. The maximum Gasteiger partial charge on any atom is 0.322 e. The largest absolute Gasteiger partial charge is 0.353 e. The summed E-state index contributed by atoms with van der Waals surface area (Å²) >= 11 is 6.03. The van der Waals surface area contributed by atoms with E-state index in [9.17, 15) is 9.59 Å². The summed E-state index contributed by atoms with van der Waals surface area (Å²) in [5.41, 5.74) is 1.14. The van der Waals surface area contributed by atoms with Gasteiger partial charge in [-0.15, -0.1) is 0 Å². The van der Waals surface area contributed by atoms with Gasteiger partial charge in [-0.2, -0.15) is 0 Å². The van der Waals surface area contributed by atoms with E-state index in [0.717, 1.165) is 0 Å². The van der Waals surface area contributed by atoms with Gasteiger partial charge in [-0.1, -0.05) is 11.6 Å². The number of nitrogens with zero attached hydrogens (tertiary/aromatic N) is 2. The minimum Gasteiger partial charge on any atom is -0.353 e. The molecule has 0 bridgehead atoms. The third-order valence-corrected chi connectivity index (χ3v) is 3.11. The fourth-order valence-corrected chi connectivity index (χ4v) is 1.81. The zero-order valence-corrected chi connectivity index (χ0v) is 10.6. The minimum absolute atomic E-state index is 0.0630. The number of pyridine rings is 1. The zero-order chi connectivity index (χ0) is 13.1. The third kappa shape index (κ3) is 2.70. The van der Waals surface area contributed by atoms with E-state index in [4.69, 9.17) is 11.6 Å². The Hall–Kier alpha value is -1.82. The van der Waals surface area contributed by atoms with Crippen LogP contribution in [0, 0.1) is 6.92 Å². The van der Waals surface area contributed by atoms with Crippen molar-refractivity contribution < 1.29 is 9.59 Å². The number of hydrogen-bond acceptors (Lipinski definition) is 3. The van der Waals surface area contributed by atoms with Crippen molar-refractivity contribution in [2.24, 2.45) is 0 Å². The Morgan fingerprint density at radius 2 is 2.39 bits per heavy atom. The number of urea groups is 1. The summed E-state index contributed by atoms with van der Waals surface area (Å²) in [5.74, 6) is -0.159. The van der Waals surface area contributed by atoms with Crippen LogP contribution < -0.4 is 10.6 Å². The minimum atomic E-state index is -0.336. The monoisotopic (exact) mass is 268 g/mol. The van der Waals surface area contributed by atoms with Gasteiger partial charge in [-0.05, 0) is 13.0 Å². The average molecular weight is 269 g/mol. The number of amides is 3. The number of piperazine rings is 1. The molecule has 1 aromatic heterocycles. The second kappa shape index (κ2) is 5.22. The first-order valence-corrected chi connectivity index (χ1v) is 5.89. The Balaban J connectivity index is 2.07. The lowest BCUT2D eigenvalue weighted by atomic mass is 10.3. The van der Waals surface area contributed by atoms with Crippen molar-refractivity contribution in [3.8, 4) is 0 Å². The predicted octanol–water partition coefficient (Wildman–Crippen LogP) is 1.01. The molecule has 3 amide bonds. The summed E-state index contributed by atoms with van der Waals surface area (Å²) in [6.45, 7) is 2.77. The molecule has 0 radical (unpaired) electrons. The fraction of sp³-hybridized carbons (Fsp3) is 0.364. The van der Waals surface area contributed by atoms with Crippen molar-refractivity contribution in [2.45, 2.75) is 6.92 Å². The molecule has 0 unspecified atom stereocenters. The summed E-state index contributed by atoms with van der Waals surface area (Å²) in [6, 6.07) is 1.29. The molecule has 2 N–H and O–H groups in total. The second-order valence-corrected chi connectivity index (χ2v) is 4.34. The maximum absolute atomic E-state index is 11.9. The number of carbonyl (C=O) groups excluding carboxylic acids is 2. The van der Waals surface area contributed by atoms with E-state index in [-0.39, 0.29) is 18.5 Å². The average Bonchev–Trinajstić information content (AvgIpc) is 2.35. The van der Waals surface area contributed by atoms with Crippen LogP contribution in [0.25, 0.3) is 0 Å². The molecule has 18 heavy (non-hydrogen) atoms. The van der Waals surface area contributed by atoms with E-state index in [1.54, 1.807) is 19.2 Å². The number of aryl methyl sites for hydroxylation is 1. The first-order chi connectivity index (χ1) is 8.58. The third-order valence-electron chi connectivity index (χ3n) is 2.63. The fourth-order valence-electron chi connectivity index (χ4n) is 1.65. The molecule has 1 saturated heterocycles. The molecule has 0 aromatic carbocycles. The van der Waals surface area contributed by atoms with E-state index < -0.39 is 0 Å². The number of anilines is 1. The summed E-state index contributed by atoms with van der Waals surface area (Å²) < 4.78 is 0. The maximum atomic E-state index is 11.9. The van der Waals surface area contributed by atoms with Crippen molar-refractivity contribution in [3.05, 3.63) is 23.0 Å². The molecular weight excluding hydrogens is 256 g/mol. The van der Waals surface area contributed by atoms with Gasteiger partial charge >= 0.3 is 6.03 Å². The smallest absolute Gasteiger partial charge is 0.322 e. The number of nitrogens with one attached hydrogen (secondary N) is 2. The lowest BCUT2D eigenvalue weighted by Gasteiger charge is -2.26. The van der Waals surface area contributed by atoms with Gasteiger partial charge in [0.15, 0.2) is 0 Å². The highest BCUT2D eigenvalue weighted by atomic mass is 35.5. The molecule has 1 fully saturated rings. The second-order valence-electron chi connectivity index (χ2n) is 3.96. The Morgan fingerprint density at radius 3 is 3.11 bits per heavy atom. The summed E-state index contributed by atoms with van der Waals surface area (Å²) in [4.78, 5) is 28.6. The van der Waals surface area contributed by atoms with Gasteiger partial charge in [-0.25, -0.2) is 4.79 Å². The Morgan fingerprint density at radius 1 is 1.61 bits per heavy atom. The molecule has 1 aliphatic rings. The summed E-state index contributed by atoms with van der Waals surface area (Å²) in [5, 5.41) is 5.74. The van der Waals surface area contributed by atoms with Gasteiger partial charge in [0, 0.05) is 19.3 Å². The number of aromatic nitrogens is 1. The van der Waals surface area contributed by atoms with E-state index in [1.807, 2.05) is 0 Å². The highest BCUT2D eigenvalue weighted by Gasteiger charge is 2.21. The number of halogens is 1. The molecule has 0 saturated carbocycles. The number of carbonyl (C=O) groups is 2. The number of rotatable bonds is 1. The normalized spacial score (nSPS) is 15.2. The van der Waals surface area contributed by atoms with Crippen LogP contribution >= 0.6 is 11.6 Å². The predicted molar refractivity (Wildman–Crippen MR) is 67.6 cm³/mol.